The Morgan fingerprint density at radius 2 is 1.91 bits per heavy atom. The molecule has 0 radical (unpaired) electrons. The first-order valence-electron chi connectivity index (χ1n) is 7.59. The zero-order chi connectivity index (χ0) is 15.4. The van der Waals surface area contributed by atoms with Crippen molar-refractivity contribution in [3.63, 3.8) is 0 Å². The van der Waals surface area contributed by atoms with Gasteiger partial charge in [0.1, 0.15) is 0 Å². The maximum atomic E-state index is 10.0. The van der Waals surface area contributed by atoms with E-state index in [9.17, 15) is 5.11 Å². The average molecular weight is 430 g/mol. The van der Waals surface area contributed by atoms with Crippen LogP contribution in [-0.2, 0) is 0 Å². The third-order valence-electron chi connectivity index (χ3n) is 4.34. The van der Waals surface area contributed by atoms with E-state index in [2.05, 4.69) is 40.0 Å². The van der Waals surface area contributed by atoms with Crippen LogP contribution < -0.4 is 10.1 Å². The second-order valence-electron chi connectivity index (χ2n) is 5.67. The van der Waals surface area contributed by atoms with Crippen molar-refractivity contribution in [2.24, 2.45) is 5.92 Å². The number of phenolic OH excluding ortho intramolecular Hbond substituents is 1. The molecule has 1 heterocycles. The molecule has 1 fully saturated rings. The highest BCUT2D eigenvalue weighted by Crippen LogP contribution is 2.40. The topological polar surface area (TPSA) is 44.7 Å². The summed E-state index contributed by atoms with van der Waals surface area (Å²) < 4.78 is 6.00. The van der Waals surface area contributed by atoms with Crippen molar-refractivity contribution in [3.05, 3.63) is 22.2 Å². The maximum absolute atomic E-state index is 10.0. The highest BCUT2D eigenvalue weighted by molar-refractivity contribution is 9.10. The molecule has 0 bridgehead atoms. The summed E-state index contributed by atoms with van der Waals surface area (Å²) in [5, 5.41) is 13.4. The minimum absolute atomic E-state index is 0. The van der Waals surface area contributed by atoms with E-state index in [4.69, 9.17) is 4.74 Å². The summed E-state index contributed by atoms with van der Waals surface area (Å²) in [5.41, 5.74) is 1.20. The Labute approximate surface area is 159 Å². The first-order chi connectivity index (χ1) is 10.1. The second kappa shape index (κ2) is 10.6. The van der Waals surface area contributed by atoms with Crippen molar-refractivity contribution in [2.45, 2.75) is 26.3 Å². The van der Waals surface area contributed by atoms with Crippen LogP contribution in [0.15, 0.2) is 16.6 Å². The summed E-state index contributed by atoms with van der Waals surface area (Å²) >= 11 is 3.44. The SMILES string of the molecule is CCC(C)[C@H](c1cc(Br)c(O)c(OC)c1)N1CCNCC1.Cl.Cl. The third kappa shape index (κ3) is 5.40. The number of nitrogens with zero attached hydrogens (tertiary/aromatic N) is 1. The summed E-state index contributed by atoms with van der Waals surface area (Å²) in [4.78, 5) is 2.53. The van der Waals surface area contributed by atoms with E-state index in [0.717, 1.165) is 32.6 Å². The number of benzene rings is 1. The Bertz CT molecular complexity index is 485. The number of piperazine rings is 1. The van der Waals surface area contributed by atoms with Crippen molar-refractivity contribution >= 4 is 40.7 Å². The quantitative estimate of drug-likeness (QED) is 0.742. The molecule has 0 spiro atoms. The van der Waals surface area contributed by atoms with Crippen LogP contribution in [0.1, 0.15) is 31.9 Å². The number of phenols is 1. The molecule has 0 aromatic heterocycles. The molecule has 2 N–H and O–H groups in total. The zero-order valence-electron chi connectivity index (χ0n) is 13.8. The molecule has 1 aromatic rings. The molecule has 0 aliphatic carbocycles. The van der Waals surface area contributed by atoms with Crippen molar-refractivity contribution in [3.8, 4) is 11.5 Å². The summed E-state index contributed by atoms with van der Waals surface area (Å²) in [6, 6.07) is 4.35. The van der Waals surface area contributed by atoms with Gasteiger partial charge in [0.05, 0.1) is 11.6 Å². The largest absolute Gasteiger partial charge is 0.503 e. The van der Waals surface area contributed by atoms with E-state index in [0.29, 0.717) is 22.2 Å². The number of aromatic hydroxyl groups is 1. The lowest BCUT2D eigenvalue weighted by Gasteiger charge is -2.38. The summed E-state index contributed by atoms with van der Waals surface area (Å²) in [5.74, 6) is 1.25. The third-order valence-corrected chi connectivity index (χ3v) is 4.94. The Morgan fingerprint density at radius 3 is 2.43 bits per heavy atom. The van der Waals surface area contributed by atoms with Crippen LogP contribution in [0.25, 0.3) is 0 Å². The van der Waals surface area contributed by atoms with Crippen LogP contribution in [0.5, 0.6) is 11.5 Å². The van der Waals surface area contributed by atoms with Gasteiger partial charge in [-0.1, -0.05) is 20.3 Å². The number of ether oxygens (including phenoxy) is 1. The van der Waals surface area contributed by atoms with E-state index in [1.807, 2.05) is 12.1 Å². The Morgan fingerprint density at radius 1 is 1.30 bits per heavy atom. The minimum atomic E-state index is 0. The molecule has 0 saturated carbocycles. The molecule has 7 heteroatoms. The van der Waals surface area contributed by atoms with Crippen LogP contribution in [0.4, 0.5) is 0 Å². The normalized spacial score (nSPS) is 17.6. The molecule has 2 atom stereocenters. The van der Waals surface area contributed by atoms with Gasteiger partial charge in [0.2, 0.25) is 0 Å². The molecule has 1 aliphatic heterocycles. The van der Waals surface area contributed by atoms with Crippen LogP contribution in [0.2, 0.25) is 0 Å². The number of hydrogen-bond acceptors (Lipinski definition) is 4. The molecular weight excluding hydrogens is 403 g/mol. The summed E-state index contributed by atoms with van der Waals surface area (Å²) in [6.07, 6.45) is 1.12. The number of rotatable bonds is 5. The summed E-state index contributed by atoms with van der Waals surface area (Å²) in [6.45, 7) is 8.69. The van der Waals surface area contributed by atoms with Crippen molar-refractivity contribution in [1.29, 1.82) is 0 Å². The van der Waals surface area contributed by atoms with Gasteiger partial charge in [0.25, 0.3) is 0 Å². The van der Waals surface area contributed by atoms with Crippen LogP contribution in [0, 0.1) is 5.92 Å². The Kier molecular flexibility index (Phi) is 10.5. The fourth-order valence-electron chi connectivity index (χ4n) is 3.00. The van der Waals surface area contributed by atoms with Gasteiger partial charge < -0.3 is 15.2 Å². The first-order valence-corrected chi connectivity index (χ1v) is 8.39. The van der Waals surface area contributed by atoms with Crippen molar-refractivity contribution in [1.82, 2.24) is 10.2 Å². The maximum Gasteiger partial charge on any atom is 0.172 e. The fraction of sp³-hybridized carbons (Fsp3) is 0.625. The first kappa shape index (κ1) is 22.8. The number of methoxy groups -OCH3 is 1. The highest BCUT2D eigenvalue weighted by Gasteiger charge is 2.27. The highest BCUT2D eigenvalue weighted by atomic mass is 79.9. The lowest BCUT2D eigenvalue weighted by molar-refractivity contribution is 0.128. The fourth-order valence-corrected chi connectivity index (χ4v) is 3.46. The minimum Gasteiger partial charge on any atom is -0.503 e. The predicted molar refractivity (Wildman–Crippen MR) is 103 cm³/mol. The van der Waals surface area contributed by atoms with E-state index in [-0.39, 0.29) is 30.6 Å². The molecule has 4 nitrogen and oxygen atoms in total. The van der Waals surface area contributed by atoms with E-state index >= 15 is 0 Å². The molecule has 134 valence electrons. The van der Waals surface area contributed by atoms with Gasteiger partial charge in [-0.05, 0) is 39.5 Å². The molecule has 2 rings (SSSR count). The van der Waals surface area contributed by atoms with Gasteiger partial charge >= 0.3 is 0 Å². The van der Waals surface area contributed by atoms with Crippen molar-refractivity contribution in [2.75, 3.05) is 33.3 Å². The molecule has 1 aliphatic rings. The lowest BCUT2D eigenvalue weighted by atomic mass is 9.90. The van der Waals surface area contributed by atoms with Crippen LogP contribution >= 0.6 is 40.7 Å². The van der Waals surface area contributed by atoms with Crippen LogP contribution in [0.3, 0.4) is 0 Å². The molecular formula is C16H27BrCl2N2O2. The van der Waals surface area contributed by atoms with Gasteiger partial charge in [-0.3, -0.25) is 4.90 Å². The molecule has 1 aromatic carbocycles. The lowest BCUT2D eigenvalue weighted by Crippen LogP contribution is -2.46. The van der Waals surface area contributed by atoms with Gasteiger partial charge in [0, 0.05) is 32.2 Å². The molecule has 1 saturated heterocycles. The smallest absolute Gasteiger partial charge is 0.172 e. The second-order valence-corrected chi connectivity index (χ2v) is 6.52. The molecule has 23 heavy (non-hydrogen) atoms. The van der Waals surface area contributed by atoms with Gasteiger partial charge in [-0.25, -0.2) is 0 Å². The molecule has 0 amide bonds. The van der Waals surface area contributed by atoms with E-state index in [1.165, 1.54) is 5.56 Å². The predicted octanol–water partition coefficient (Wildman–Crippen LogP) is 4.00. The molecule has 1 unspecified atom stereocenters. The Balaban J connectivity index is 0.00000242. The zero-order valence-corrected chi connectivity index (χ0v) is 17.1. The standard InChI is InChI=1S/C16H25BrN2O2.2ClH/c1-4-11(2)15(19-7-5-18-6-8-19)12-9-13(17)16(20)14(10-12)21-3;;/h9-11,15,18,20H,4-8H2,1-3H3;2*1H/t11?,15-;;/m1../s1. The Hall–Kier alpha value is -0.200. The average Bonchev–Trinajstić information content (AvgIpc) is 2.51. The van der Waals surface area contributed by atoms with Gasteiger partial charge in [-0.2, -0.15) is 0 Å². The number of nitrogens with one attached hydrogen (secondary N) is 1. The summed E-state index contributed by atoms with van der Waals surface area (Å²) in [7, 11) is 1.59. The van der Waals surface area contributed by atoms with E-state index < -0.39 is 0 Å². The monoisotopic (exact) mass is 428 g/mol. The van der Waals surface area contributed by atoms with Gasteiger partial charge in [0.15, 0.2) is 11.5 Å². The van der Waals surface area contributed by atoms with Crippen LogP contribution in [-0.4, -0.2) is 43.3 Å². The van der Waals surface area contributed by atoms with Gasteiger partial charge in [-0.15, -0.1) is 24.8 Å². The van der Waals surface area contributed by atoms with Crippen molar-refractivity contribution < 1.29 is 9.84 Å². The van der Waals surface area contributed by atoms with E-state index in [1.54, 1.807) is 7.11 Å². The number of halogens is 3. The number of hydrogen-bond donors (Lipinski definition) is 2.